The Morgan fingerprint density at radius 3 is 2.64 bits per heavy atom. The number of ether oxygens (including phenoxy) is 1. The Kier molecular flexibility index (Phi) is 4.87. The monoisotopic (exact) mass is 349 g/mol. The largest absolute Gasteiger partial charge is 0.497 e. The Labute approximate surface area is 142 Å². The lowest BCUT2D eigenvalue weighted by Gasteiger charge is -2.33. The number of fused-ring (bicyclic) bond motifs is 1. The number of methoxy groups -OCH3 is 1. The summed E-state index contributed by atoms with van der Waals surface area (Å²) in [5.74, 6) is -0.490. The van der Waals surface area contributed by atoms with Crippen LogP contribution in [0, 0.1) is 10.8 Å². The molecule has 1 aliphatic heterocycles. The highest BCUT2D eigenvalue weighted by Crippen LogP contribution is 2.33. The van der Waals surface area contributed by atoms with Crippen molar-refractivity contribution in [3.8, 4) is 5.75 Å². The topological polar surface area (TPSA) is 71.9 Å². The molecule has 1 aromatic heterocycles. The normalized spacial score (nSPS) is 15.6. The third kappa shape index (κ3) is 3.42. The van der Waals surface area contributed by atoms with Crippen LogP contribution >= 0.6 is 0 Å². The fourth-order valence-corrected chi connectivity index (χ4v) is 3.11. The fraction of sp³-hybridized carbons (Fsp3) is 0.412. The Hall–Kier alpha value is -2.64. The summed E-state index contributed by atoms with van der Waals surface area (Å²) in [6, 6.07) is 6.78. The van der Waals surface area contributed by atoms with Gasteiger partial charge in [-0.25, -0.2) is 13.8 Å². The summed E-state index contributed by atoms with van der Waals surface area (Å²) in [5.41, 5.74) is -0.0678. The summed E-state index contributed by atoms with van der Waals surface area (Å²) in [5, 5.41) is 3.87. The summed E-state index contributed by atoms with van der Waals surface area (Å²) in [7, 11) is 1.53. The van der Waals surface area contributed by atoms with Crippen LogP contribution in [0.5, 0.6) is 5.75 Å². The Morgan fingerprint density at radius 1 is 1.32 bits per heavy atom. The molecule has 1 amide bonds. The van der Waals surface area contributed by atoms with Crippen LogP contribution in [0.15, 0.2) is 29.4 Å². The summed E-state index contributed by atoms with van der Waals surface area (Å²) in [6.45, 7) is 0.824. The van der Waals surface area contributed by atoms with E-state index in [0.717, 1.165) is 5.39 Å². The van der Waals surface area contributed by atoms with Gasteiger partial charge >= 0.3 is 5.91 Å². The summed E-state index contributed by atoms with van der Waals surface area (Å²) in [6.07, 6.45) is -1.63. The number of benzene rings is 1. The van der Waals surface area contributed by atoms with Crippen molar-refractivity contribution in [1.29, 1.82) is 0 Å². The Balaban J connectivity index is 2.03. The zero-order valence-corrected chi connectivity index (χ0v) is 13.6. The zero-order chi connectivity index (χ0) is 18.0. The molecule has 0 bridgehead atoms. The van der Waals surface area contributed by atoms with Crippen molar-refractivity contribution in [3.63, 3.8) is 0 Å². The van der Waals surface area contributed by atoms with Gasteiger partial charge in [0.2, 0.25) is 6.43 Å². The maximum absolute atomic E-state index is 12.9. The van der Waals surface area contributed by atoms with Gasteiger partial charge in [-0.1, -0.05) is 0 Å². The molecule has 6 nitrogen and oxygen atoms in total. The summed E-state index contributed by atoms with van der Waals surface area (Å²) in [4.78, 5) is 28.5. The van der Waals surface area contributed by atoms with Crippen molar-refractivity contribution in [3.05, 3.63) is 34.9 Å². The minimum atomic E-state index is -2.33. The Bertz CT molecular complexity index is 805. The summed E-state index contributed by atoms with van der Waals surface area (Å²) < 4.78 is 30.9. The quantitative estimate of drug-likeness (QED) is 0.788. The van der Waals surface area contributed by atoms with Crippen LogP contribution in [0.25, 0.3) is 10.8 Å². The van der Waals surface area contributed by atoms with Crippen LogP contribution in [0.2, 0.25) is 0 Å². The first-order chi connectivity index (χ1) is 12.0. The molecule has 0 spiro atoms. The van der Waals surface area contributed by atoms with E-state index >= 15 is 0 Å². The van der Waals surface area contributed by atoms with Gasteiger partial charge in [0.05, 0.1) is 7.11 Å². The van der Waals surface area contributed by atoms with Crippen LogP contribution in [-0.4, -0.2) is 37.5 Å². The van der Waals surface area contributed by atoms with E-state index in [-0.39, 0.29) is 5.69 Å². The molecule has 0 atom stereocenters. The number of rotatable bonds is 4. The molecular formula is C17H17F2N3O3. The van der Waals surface area contributed by atoms with Crippen LogP contribution in [0.4, 0.5) is 14.6 Å². The van der Waals surface area contributed by atoms with E-state index in [2.05, 4.69) is 10.2 Å². The average Bonchev–Trinajstić information content (AvgIpc) is 2.65. The number of amides is 1. The van der Waals surface area contributed by atoms with Crippen LogP contribution in [0.1, 0.15) is 23.3 Å². The van der Waals surface area contributed by atoms with Crippen LogP contribution in [-0.2, 0) is 0 Å². The highest BCUT2D eigenvalue weighted by Gasteiger charge is 2.28. The SMILES string of the molecule is COc1ccc2c(N3CCC(C(F)F)CC3)nc(C(=O)N=O)cc2c1. The number of piperidine rings is 1. The molecule has 3 rings (SSSR count). The van der Waals surface area contributed by atoms with Gasteiger partial charge in [0, 0.05) is 29.6 Å². The second-order valence-corrected chi connectivity index (χ2v) is 5.97. The smallest absolute Gasteiger partial charge is 0.335 e. The first-order valence-corrected chi connectivity index (χ1v) is 7.93. The predicted molar refractivity (Wildman–Crippen MR) is 89.4 cm³/mol. The number of alkyl halides is 2. The van der Waals surface area contributed by atoms with Crippen molar-refractivity contribution >= 4 is 22.5 Å². The minimum absolute atomic E-state index is 0.0678. The number of nitrogens with zero attached hydrogens (tertiary/aromatic N) is 3. The molecule has 25 heavy (non-hydrogen) atoms. The van der Waals surface area contributed by atoms with Gasteiger partial charge in [0.25, 0.3) is 0 Å². The molecule has 1 aliphatic rings. The van der Waals surface area contributed by atoms with Gasteiger partial charge in [-0.3, -0.25) is 4.79 Å². The molecule has 1 fully saturated rings. The Morgan fingerprint density at radius 2 is 2.04 bits per heavy atom. The molecule has 0 N–H and O–H groups in total. The minimum Gasteiger partial charge on any atom is -0.497 e. The lowest BCUT2D eigenvalue weighted by molar-refractivity contribution is 0.0635. The van der Waals surface area contributed by atoms with E-state index in [1.165, 1.54) is 13.2 Å². The molecule has 0 radical (unpaired) electrons. The van der Waals surface area contributed by atoms with E-state index in [1.54, 1.807) is 18.2 Å². The van der Waals surface area contributed by atoms with E-state index in [1.807, 2.05) is 4.90 Å². The zero-order valence-electron chi connectivity index (χ0n) is 13.6. The first kappa shape index (κ1) is 17.2. The van der Waals surface area contributed by atoms with Crippen molar-refractivity contribution in [2.75, 3.05) is 25.1 Å². The molecule has 0 aliphatic carbocycles. The molecule has 2 heterocycles. The lowest BCUT2D eigenvalue weighted by atomic mass is 9.97. The molecule has 0 unspecified atom stereocenters. The molecule has 8 heteroatoms. The van der Waals surface area contributed by atoms with Gasteiger partial charge in [0.15, 0.2) is 0 Å². The van der Waals surface area contributed by atoms with E-state index in [4.69, 9.17) is 4.74 Å². The van der Waals surface area contributed by atoms with E-state index < -0.39 is 18.3 Å². The first-order valence-electron chi connectivity index (χ1n) is 7.93. The number of carbonyl (C=O) groups is 1. The highest BCUT2D eigenvalue weighted by molar-refractivity contribution is 6.01. The molecule has 132 valence electrons. The summed E-state index contributed by atoms with van der Waals surface area (Å²) >= 11 is 0. The van der Waals surface area contributed by atoms with E-state index in [0.29, 0.717) is 42.9 Å². The molecule has 2 aromatic rings. The van der Waals surface area contributed by atoms with Crippen molar-refractivity contribution in [2.45, 2.75) is 19.3 Å². The maximum atomic E-state index is 12.9. The van der Waals surface area contributed by atoms with Gasteiger partial charge in [-0.2, -0.15) is 0 Å². The highest BCUT2D eigenvalue weighted by atomic mass is 19.3. The van der Waals surface area contributed by atoms with Gasteiger partial charge in [-0.15, -0.1) is 4.91 Å². The van der Waals surface area contributed by atoms with Gasteiger partial charge in [-0.05, 0) is 42.5 Å². The van der Waals surface area contributed by atoms with Crippen molar-refractivity contribution in [1.82, 2.24) is 4.98 Å². The predicted octanol–water partition coefficient (Wildman–Crippen LogP) is 3.63. The number of halogens is 2. The fourth-order valence-electron chi connectivity index (χ4n) is 3.11. The van der Waals surface area contributed by atoms with E-state index in [9.17, 15) is 18.5 Å². The molecule has 1 saturated heterocycles. The van der Waals surface area contributed by atoms with Crippen molar-refractivity contribution in [2.24, 2.45) is 11.1 Å². The third-order valence-electron chi connectivity index (χ3n) is 4.52. The molecular weight excluding hydrogens is 332 g/mol. The number of pyridine rings is 1. The number of carbonyl (C=O) groups excluding carboxylic acids is 1. The molecule has 0 saturated carbocycles. The number of hydrogen-bond donors (Lipinski definition) is 0. The number of nitroso groups, excluding NO2 is 1. The van der Waals surface area contributed by atoms with Crippen LogP contribution < -0.4 is 9.64 Å². The van der Waals surface area contributed by atoms with Gasteiger partial charge in [0.1, 0.15) is 17.3 Å². The van der Waals surface area contributed by atoms with Crippen molar-refractivity contribution < 1.29 is 18.3 Å². The second kappa shape index (κ2) is 7.08. The number of hydrogen-bond acceptors (Lipinski definition) is 5. The maximum Gasteiger partial charge on any atom is 0.335 e. The number of anilines is 1. The van der Waals surface area contributed by atoms with Crippen LogP contribution in [0.3, 0.4) is 0 Å². The van der Waals surface area contributed by atoms with Gasteiger partial charge < -0.3 is 9.64 Å². The third-order valence-corrected chi connectivity index (χ3v) is 4.52. The standard InChI is InChI=1S/C17H17F2N3O3/c1-25-12-2-3-13-11(8-12)9-14(17(23)21-24)20-16(13)22-6-4-10(5-7-22)15(18)19/h2-3,8-10,15H,4-7H2,1H3. The molecule has 1 aromatic carbocycles. The lowest BCUT2D eigenvalue weighted by Crippen LogP contribution is -2.36. The average molecular weight is 349 g/mol. The number of aromatic nitrogens is 1. The second-order valence-electron chi connectivity index (χ2n) is 5.97.